The van der Waals surface area contributed by atoms with E-state index in [0.29, 0.717) is 10.7 Å². The summed E-state index contributed by atoms with van der Waals surface area (Å²) in [5, 5.41) is 17.9. The van der Waals surface area contributed by atoms with Gasteiger partial charge in [0.05, 0.1) is 10.6 Å². The molecule has 0 unspecified atom stereocenters. The first-order chi connectivity index (χ1) is 12.9. The van der Waals surface area contributed by atoms with Crippen LogP contribution in [0, 0.1) is 10.1 Å². The summed E-state index contributed by atoms with van der Waals surface area (Å²) in [7, 11) is 0. The standard InChI is InChI=1S/C17H12ClN5O4/c18-12-5-1-3-10(7-12)14-9-15(20-19-14)17(25)22-21-16(24)11-4-2-6-13(8-11)23(26)27/h1-9H,(H,19,20)(H,21,24)(H,22,25). The summed E-state index contributed by atoms with van der Waals surface area (Å²) in [6.07, 6.45) is 0. The zero-order valence-corrected chi connectivity index (χ0v) is 14.4. The van der Waals surface area contributed by atoms with E-state index in [1.54, 1.807) is 24.3 Å². The molecule has 0 aliphatic carbocycles. The van der Waals surface area contributed by atoms with Crippen LogP contribution >= 0.6 is 11.6 Å². The highest BCUT2D eigenvalue weighted by Crippen LogP contribution is 2.21. The van der Waals surface area contributed by atoms with Gasteiger partial charge in [-0.2, -0.15) is 5.10 Å². The number of aromatic amines is 1. The molecule has 27 heavy (non-hydrogen) atoms. The van der Waals surface area contributed by atoms with Crippen LogP contribution in [-0.2, 0) is 0 Å². The van der Waals surface area contributed by atoms with E-state index in [2.05, 4.69) is 21.0 Å². The minimum atomic E-state index is -0.693. The lowest BCUT2D eigenvalue weighted by atomic mass is 10.1. The molecule has 1 heterocycles. The van der Waals surface area contributed by atoms with E-state index < -0.39 is 16.7 Å². The van der Waals surface area contributed by atoms with Crippen LogP contribution in [0.1, 0.15) is 20.8 Å². The normalized spacial score (nSPS) is 10.3. The van der Waals surface area contributed by atoms with E-state index in [9.17, 15) is 19.7 Å². The van der Waals surface area contributed by atoms with Crippen LogP contribution in [-0.4, -0.2) is 26.9 Å². The largest absolute Gasteiger partial charge is 0.287 e. The van der Waals surface area contributed by atoms with Crippen molar-refractivity contribution in [2.24, 2.45) is 0 Å². The van der Waals surface area contributed by atoms with Gasteiger partial charge < -0.3 is 0 Å². The lowest BCUT2D eigenvalue weighted by molar-refractivity contribution is -0.384. The molecule has 0 aliphatic heterocycles. The van der Waals surface area contributed by atoms with Gasteiger partial charge in [-0.05, 0) is 24.3 Å². The summed E-state index contributed by atoms with van der Waals surface area (Å²) in [5.74, 6) is -1.32. The molecule has 9 nitrogen and oxygen atoms in total. The average Bonchev–Trinajstić information content (AvgIpc) is 3.16. The molecular weight excluding hydrogens is 374 g/mol. The van der Waals surface area contributed by atoms with Crippen molar-refractivity contribution >= 4 is 29.1 Å². The van der Waals surface area contributed by atoms with E-state index in [1.807, 2.05) is 0 Å². The van der Waals surface area contributed by atoms with Gasteiger partial charge in [0.15, 0.2) is 0 Å². The number of rotatable bonds is 4. The monoisotopic (exact) mass is 385 g/mol. The van der Waals surface area contributed by atoms with Crippen LogP contribution in [0.5, 0.6) is 0 Å². The molecule has 3 aromatic rings. The second kappa shape index (κ2) is 7.67. The number of hydrogen-bond acceptors (Lipinski definition) is 5. The first kappa shape index (κ1) is 18.1. The minimum absolute atomic E-state index is 0.0359. The highest BCUT2D eigenvalue weighted by Gasteiger charge is 2.14. The molecule has 3 rings (SSSR count). The Hall–Kier alpha value is -3.72. The number of aromatic nitrogens is 2. The fourth-order valence-corrected chi connectivity index (χ4v) is 2.44. The molecule has 0 radical (unpaired) electrons. The van der Waals surface area contributed by atoms with Gasteiger partial charge in [-0.25, -0.2) is 0 Å². The van der Waals surface area contributed by atoms with Crippen molar-refractivity contribution in [3.63, 3.8) is 0 Å². The number of non-ortho nitro benzene ring substituents is 1. The first-order valence-electron chi connectivity index (χ1n) is 7.60. The number of carbonyl (C=O) groups is 2. The molecule has 0 fully saturated rings. The smallest absolute Gasteiger partial charge is 0.272 e. The van der Waals surface area contributed by atoms with Crippen LogP contribution < -0.4 is 10.9 Å². The zero-order chi connectivity index (χ0) is 19.4. The van der Waals surface area contributed by atoms with Gasteiger partial charge in [0.25, 0.3) is 17.5 Å². The Morgan fingerprint density at radius 2 is 1.78 bits per heavy atom. The van der Waals surface area contributed by atoms with Gasteiger partial charge in [0, 0.05) is 28.3 Å². The summed E-state index contributed by atoms with van der Waals surface area (Å²) >= 11 is 5.93. The summed E-state index contributed by atoms with van der Waals surface area (Å²) in [6, 6.07) is 13.6. The third-order valence-electron chi connectivity index (χ3n) is 3.55. The Bertz CT molecular complexity index is 1030. The van der Waals surface area contributed by atoms with Gasteiger partial charge in [0.2, 0.25) is 0 Å². The molecule has 2 aromatic carbocycles. The molecule has 0 bridgehead atoms. The molecule has 2 amide bonds. The molecule has 3 N–H and O–H groups in total. The number of nitro groups is 1. The van der Waals surface area contributed by atoms with Crippen molar-refractivity contribution in [2.45, 2.75) is 0 Å². The average molecular weight is 386 g/mol. The molecule has 0 saturated carbocycles. The number of carbonyl (C=O) groups excluding carboxylic acids is 2. The predicted octanol–water partition coefficient (Wildman–Crippen LogP) is 2.71. The molecule has 10 heteroatoms. The number of nitrogens with one attached hydrogen (secondary N) is 3. The Kier molecular flexibility index (Phi) is 5.13. The Morgan fingerprint density at radius 1 is 1.04 bits per heavy atom. The maximum atomic E-state index is 12.1. The Labute approximate surface area is 157 Å². The summed E-state index contributed by atoms with van der Waals surface area (Å²) in [4.78, 5) is 34.3. The number of hydrogen-bond donors (Lipinski definition) is 3. The molecular formula is C17H12ClN5O4. The van der Waals surface area contributed by atoms with Gasteiger partial charge >= 0.3 is 0 Å². The highest BCUT2D eigenvalue weighted by atomic mass is 35.5. The molecule has 1 aromatic heterocycles. The van der Waals surface area contributed by atoms with Gasteiger partial charge in [-0.15, -0.1) is 0 Å². The number of hydrazine groups is 1. The second-order valence-electron chi connectivity index (χ2n) is 5.39. The maximum absolute atomic E-state index is 12.1. The Morgan fingerprint density at radius 3 is 2.52 bits per heavy atom. The predicted molar refractivity (Wildman–Crippen MR) is 97.1 cm³/mol. The van der Waals surface area contributed by atoms with Gasteiger partial charge in [0.1, 0.15) is 5.69 Å². The SMILES string of the molecule is O=C(NNC(=O)c1cc(-c2cccc(Cl)c2)n[nH]1)c1cccc([N+](=O)[O-])c1. The van der Waals surface area contributed by atoms with E-state index in [1.165, 1.54) is 24.3 Å². The minimum Gasteiger partial charge on any atom is -0.272 e. The third-order valence-corrected chi connectivity index (χ3v) is 3.79. The fraction of sp³-hybridized carbons (Fsp3) is 0. The lowest BCUT2D eigenvalue weighted by Crippen LogP contribution is -2.41. The first-order valence-corrected chi connectivity index (χ1v) is 7.98. The van der Waals surface area contributed by atoms with Crippen LogP contribution in [0.25, 0.3) is 11.3 Å². The van der Waals surface area contributed by atoms with Crippen LogP contribution in [0.3, 0.4) is 0 Å². The molecule has 0 saturated heterocycles. The van der Waals surface area contributed by atoms with Crippen molar-refractivity contribution in [3.05, 3.63) is 81.0 Å². The maximum Gasteiger partial charge on any atom is 0.287 e. The second-order valence-corrected chi connectivity index (χ2v) is 5.83. The topological polar surface area (TPSA) is 130 Å². The number of halogens is 1. The fourth-order valence-electron chi connectivity index (χ4n) is 2.25. The van der Waals surface area contributed by atoms with Crippen molar-refractivity contribution in [2.75, 3.05) is 0 Å². The van der Waals surface area contributed by atoms with Crippen molar-refractivity contribution < 1.29 is 14.5 Å². The zero-order valence-electron chi connectivity index (χ0n) is 13.6. The molecule has 0 aliphatic rings. The summed E-state index contributed by atoms with van der Waals surface area (Å²) in [5.41, 5.74) is 5.56. The van der Waals surface area contributed by atoms with Crippen molar-refractivity contribution in [3.8, 4) is 11.3 Å². The lowest BCUT2D eigenvalue weighted by Gasteiger charge is -2.06. The van der Waals surface area contributed by atoms with Gasteiger partial charge in [-0.3, -0.25) is 35.7 Å². The van der Waals surface area contributed by atoms with Crippen LogP contribution in [0.15, 0.2) is 54.6 Å². The number of amides is 2. The number of H-pyrrole nitrogens is 1. The number of benzene rings is 2. The third kappa shape index (κ3) is 4.28. The van der Waals surface area contributed by atoms with Crippen molar-refractivity contribution in [1.29, 1.82) is 0 Å². The quantitative estimate of drug-likeness (QED) is 0.469. The Balaban J connectivity index is 1.65. The highest BCUT2D eigenvalue weighted by molar-refractivity contribution is 6.30. The molecule has 0 atom stereocenters. The summed E-state index contributed by atoms with van der Waals surface area (Å²) in [6.45, 7) is 0. The molecule has 136 valence electrons. The van der Waals surface area contributed by atoms with Crippen molar-refractivity contribution in [1.82, 2.24) is 21.0 Å². The van der Waals surface area contributed by atoms with Crippen LogP contribution in [0.4, 0.5) is 5.69 Å². The van der Waals surface area contributed by atoms with E-state index in [0.717, 1.165) is 11.6 Å². The van der Waals surface area contributed by atoms with E-state index in [4.69, 9.17) is 11.6 Å². The van der Waals surface area contributed by atoms with E-state index in [-0.39, 0.29) is 16.9 Å². The van der Waals surface area contributed by atoms with E-state index >= 15 is 0 Å². The van der Waals surface area contributed by atoms with Crippen LogP contribution in [0.2, 0.25) is 5.02 Å². The number of nitro benzene ring substituents is 1. The number of nitrogens with zero attached hydrogens (tertiary/aromatic N) is 2. The van der Waals surface area contributed by atoms with Gasteiger partial charge in [-0.1, -0.05) is 29.8 Å². The molecule has 0 spiro atoms. The summed E-state index contributed by atoms with van der Waals surface area (Å²) < 4.78 is 0.